The second kappa shape index (κ2) is 22.4. The maximum absolute atomic E-state index is 12.3. The lowest BCUT2D eigenvalue weighted by molar-refractivity contribution is -0.146. The van der Waals surface area contributed by atoms with Crippen LogP contribution in [0.3, 0.4) is 0 Å². The second-order valence-corrected chi connectivity index (χ2v) is 18.0. The highest BCUT2D eigenvalue weighted by Crippen LogP contribution is 2.46. The van der Waals surface area contributed by atoms with Gasteiger partial charge in [0.05, 0.1) is 29.9 Å². The molecule has 1 aliphatic heterocycles. The van der Waals surface area contributed by atoms with Gasteiger partial charge in [-0.1, -0.05) is 89.7 Å². The number of carbonyl (C=O) groups is 1. The molecule has 8 nitrogen and oxygen atoms in total. The van der Waals surface area contributed by atoms with Crippen molar-refractivity contribution in [3.8, 4) is 0 Å². The summed E-state index contributed by atoms with van der Waals surface area (Å²) < 4.78 is 0. The molecule has 8 heteroatoms. The lowest BCUT2D eigenvalue weighted by Gasteiger charge is -2.32. The summed E-state index contributed by atoms with van der Waals surface area (Å²) >= 11 is 0. The molecule has 3 aliphatic carbocycles. The van der Waals surface area contributed by atoms with Crippen LogP contribution < -0.4 is 16.4 Å². The number of piperidine rings is 1. The first-order valence-corrected chi connectivity index (χ1v) is 21.8. The van der Waals surface area contributed by atoms with Crippen LogP contribution in [0.2, 0.25) is 0 Å². The second-order valence-electron chi connectivity index (χ2n) is 18.0. The quantitative estimate of drug-likeness (QED) is 0.0421. The number of aliphatic hydroxyl groups excluding tert-OH is 2. The van der Waals surface area contributed by atoms with E-state index in [0.717, 1.165) is 83.2 Å². The Morgan fingerprint density at radius 2 is 1.69 bits per heavy atom. The molecule has 0 radical (unpaired) electrons. The highest BCUT2D eigenvalue weighted by atomic mass is 16.4. The van der Waals surface area contributed by atoms with E-state index >= 15 is 0 Å². The Kier molecular flexibility index (Phi) is 18.7. The number of allylic oxidation sites excluding steroid dienone is 1. The molecule has 1 saturated heterocycles. The molecule has 0 aromatic rings. The Labute approximate surface area is 311 Å². The summed E-state index contributed by atoms with van der Waals surface area (Å²) in [6.45, 7) is 6.39. The van der Waals surface area contributed by atoms with Crippen LogP contribution in [0.15, 0.2) is 12.2 Å². The molecule has 11 atom stereocenters. The monoisotopic (exact) mass is 718 g/mol. The Balaban J connectivity index is 1.21. The zero-order chi connectivity index (χ0) is 36.6. The molecule has 4 rings (SSSR count). The molecule has 8 N–H and O–H groups in total. The van der Waals surface area contributed by atoms with Gasteiger partial charge in [0, 0.05) is 12.0 Å². The molecule has 0 amide bonds. The van der Waals surface area contributed by atoms with Crippen LogP contribution in [0.1, 0.15) is 168 Å². The lowest BCUT2D eigenvalue weighted by Crippen LogP contribution is -2.44. The van der Waals surface area contributed by atoms with E-state index in [4.69, 9.17) is 5.73 Å². The normalized spacial score (nSPS) is 33.6. The fraction of sp³-hybridized carbons (Fsp3) is 0.930. The Bertz CT molecular complexity index is 1010. The van der Waals surface area contributed by atoms with Gasteiger partial charge in [0.25, 0.3) is 0 Å². The van der Waals surface area contributed by atoms with Crippen molar-refractivity contribution in [2.45, 2.75) is 198 Å². The molecule has 1 heterocycles. The molecule has 11 unspecified atom stereocenters. The van der Waals surface area contributed by atoms with Crippen LogP contribution >= 0.6 is 0 Å². The van der Waals surface area contributed by atoms with E-state index in [1.54, 1.807) is 0 Å². The molecule has 0 bridgehead atoms. The van der Waals surface area contributed by atoms with Crippen LogP contribution in [0.25, 0.3) is 0 Å². The Morgan fingerprint density at radius 1 is 0.922 bits per heavy atom. The van der Waals surface area contributed by atoms with Crippen molar-refractivity contribution in [3.05, 3.63) is 12.2 Å². The van der Waals surface area contributed by atoms with Gasteiger partial charge in [0.1, 0.15) is 0 Å². The maximum Gasteiger partial charge on any atom is 0.309 e. The van der Waals surface area contributed by atoms with E-state index in [1.807, 2.05) is 0 Å². The van der Waals surface area contributed by atoms with Crippen LogP contribution in [-0.4, -0.2) is 69.5 Å². The smallest absolute Gasteiger partial charge is 0.309 e. The zero-order valence-corrected chi connectivity index (χ0v) is 32.7. The van der Waals surface area contributed by atoms with Crippen LogP contribution in [0.4, 0.5) is 0 Å². The number of carboxylic acid groups (broad SMARTS) is 1. The molecular formula is C43H79N3O5. The molecule has 0 aromatic heterocycles. The minimum atomic E-state index is -0.961. The Hall–Kier alpha value is -1.03. The number of unbranched alkanes of at least 4 members (excludes halogenated alkanes) is 4. The predicted octanol–water partition coefficient (Wildman–Crippen LogP) is 7.68. The van der Waals surface area contributed by atoms with Gasteiger partial charge in [-0.15, -0.1) is 0 Å². The third kappa shape index (κ3) is 15.0. The molecular weight excluding hydrogens is 638 g/mol. The number of nitrogens with two attached hydrogens (primary N) is 1. The summed E-state index contributed by atoms with van der Waals surface area (Å²) in [4.78, 5) is 12.3. The largest absolute Gasteiger partial charge is 0.481 e. The first kappa shape index (κ1) is 42.7. The number of aliphatic carboxylic acids is 1. The first-order chi connectivity index (χ1) is 24.5. The van der Waals surface area contributed by atoms with Crippen molar-refractivity contribution in [1.29, 1.82) is 0 Å². The highest BCUT2D eigenvalue weighted by molar-refractivity contribution is 5.70. The summed E-state index contributed by atoms with van der Waals surface area (Å²) in [6, 6.07) is 0.462. The predicted molar refractivity (Wildman–Crippen MR) is 208 cm³/mol. The van der Waals surface area contributed by atoms with Crippen molar-refractivity contribution in [1.82, 2.24) is 10.6 Å². The van der Waals surface area contributed by atoms with Crippen molar-refractivity contribution in [2.24, 2.45) is 47.2 Å². The van der Waals surface area contributed by atoms with Gasteiger partial charge in [-0.05, 0) is 133 Å². The summed E-state index contributed by atoms with van der Waals surface area (Å²) in [5.74, 6) is 1.16. The molecule has 51 heavy (non-hydrogen) atoms. The molecule has 296 valence electrons. The van der Waals surface area contributed by atoms with E-state index in [9.17, 15) is 25.2 Å². The van der Waals surface area contributed by atoms with Gasteiger partial charge in [-0.2, -0.15) is 0 Å². The van der Waals surface area contributed by atoms with E-state index in [0.29, 0.717) is 55.4 Å². The van der Waals surface area contributed by atoms with Gasteiger partial charge >= 0.3 is 5.97 Å². The summed E-state index contributed by atoms with van der Waals surface area (Å²) in [5, 5.41) is 51.1. The SMILES string of the molecule is CCCCCC1C=CC(CCCCCC(C(=O)O)C(O)CCC2(O)CC(CNC(C)CCC3CCCCC3)C(CC3CCNC(N)C3)C2)C(O)C1. The summed E-state index contributed by atoms with van der Waals surface area (Å²) in [6.07, 6.45) is 27.9. The molecule has 0 aromatic carbocycles. The number of rotatable bonds is 23. The highest BCUT2D eigenvalue weighted by Gasteiger charge is 2.45. The van der Waals surface area contributed by atoms with Gasteiger partial charge < -0.3 is 36.8 Å². The zero-order valence-electron chi connectivity index (χ0n) is 32.7. The van der Waals surface area contributed by atoms with Crippen molar-refractivity contribution >= 4 is 5.97 Å². The fourth-order valence-corrected chi connectivity index (χ4v) is 10.4. The van der Waals surface area contributed by atoms with Gasteiger partial charge in [0.15, 0.2) is 0 Å². The van der Waals surface area contributed by atoms with Crippen molar-refractivity contribution < 1.29 is 25.2 Å². The third-order valence-corrected chi connectivity index (χ3v) is 13.7. The standard InChI is InChI=1S/C43H79N3O5/c1-3-4-7-14-33-19-20-35(40(48)26-33)15-10-6-11-16-38(42(49)50)39(47)21-23-43(51)28-36(25-34-22-24-45-41(44)27-34)37(29-43)30-46-31(2)17-18-32-12-8-5-9-13-32/h19-20,31-41,45-48,51H,3-18,21-30,44H2,1-2H3,(H,49,50). The summed E-state index contributed by atoms with van der Waals surface area (Å²) in [5.41, 5.74) is 5.40. The number of nitrogens with one attached hydrogen (secondary N) is 2. The first-order valence-electron chi connectivity index (χ1n) is 21.8. The number of hydrogen-bond donors (Lipinski definition) is 7. The van der Waals surface area contributed by atoms with Crippen LogP contribution in [0, 0.1) is 41.4 Å². The molecule has 3 fully saturated rings. The maximum atomic E-state index is 12.3. The molecule has 0 spiro atoms. The number of carboxylic acids is 1. The lowest BCUT2D eigenvalue weighted by atomic mass is 9.81. The molecule has 2 saturated carbocycles. The minimum absolute atomic E-state index is 0.0482. The summed E-state index contributed by atoms with van der Waals surface area (Å²) in [7, 11) is 0. The van der Waals surface area contributed by atoms with E-state index < -0.39 is 23.6 Å². The van der Waals surface area contributed by atoms with E-state index in [1.165, 1.54) is 64.2 Å². The van der Waals surface area contributed by atoms with E-state index in [2.05, 4.69) is 36.6 Å². The minimum Gasteiger partial charge on any atom is -0.481 e. The topological polar surface area (TPSA) is 148 Å². The number of aliphatic hydroxyl groups is 3. The third-order valence-electron chi connectivity index (χ3n) is 13.7. The number of hydrogen-bond acceptors (Lipinski definition) is 7. The average molecular weight is 718 g/mol. The van der Waals surface area contributed by atoms with Gasteiger partial charge in [-0.25, -0.2) is 0 Å². The molecule has 4 aliphatic rings. The van der Waals surface area contributed by atoms with E-state index in [-0.39, 0.29) is 18.2 Å². The Morgan fingerprint density at radius 3 is 2.41 bits per heavy atom. The van der Waals surface area contributed by atoms with Crippen molar-refractivity contribution in [2.75, 3.05) is 13.1 Å². The van der Waals surface area contributed by atoms with Gasteiger partial charge in [-0.3, -0.25) is 4.79 Å². The van der Waals surface area contributed by atoms with Crippen molar-refractivity contribution in [3.63, 3.8) is 0 Å². The fourth-order valence-electron chi connectivity index (χ4n) is 10.4. The van der Waals surface area contributed by atoms with Gasteiger partial charge in [0.2, 0.25) is 0 Å². The average Bonchev–Trinajstić information content (AvgIpc) is 3.42. The van der Waals surface area contributed by atoms with Crippen LogP contribution in [0.5, 0.6) is 0 Å². The van der Waals surface area contributed by atoms with Crippen LogP contribution in [-0.2, 0) is 4.79 Å².